The van der Waals surface area contributed by atoms with Gasteiger partial charge in [-0.05, 0) is 42.8 Å². The number of carbonyl (C=O) groups is 3. The van der Waals surface area contributed by atoms with Crippen LogP contribution in [0.2, 0.25) is 10.0 Å². The summed E-state index contributed by atoms with van der Waals surface area (Å²) in [6, 6.07) is 9.72. The number of ether oxygens (including phenoxy) is 2. The zero-order valence-corrected chi connectivity index (χ0v) is 19.2. The van der Waals surface area contributed by atoms with E-state index < -0.39 is 0 Å². The van der Waals surface area contributed by atoms with E-state index in [1.807, 2.05) is 6.92 Å². The third-order valence-corrected chi connectivity index (χ3v) is 5.36. The predicted molar refractivity (Wildman–Crippen MR) is 123 cm³/mol. The fourth-order valence-electron chi connectivity index (χ4n) is 3.26. The first kappa shape index (κ1) is 23.9. The summed E-state index contributed by atoms with van der Waals surface area (Å²) in [5.74, 6) is 0.303. The fourth-order valence-corrected chi connectivity index (χ4v) is 3.71. The Balaban J connectivity index is 1.56. The Labute approximate surface area is 196 Å². The van der Waals surface area contributed by atoms with Gasteiger partial charge in [0.25, 0.3) is 0 Å². The number of nitrogens with one attached hydrogen (secondary N) is 1. The molecule has 3 rings (SSSR count). The number of amides is 2. The molecule has 9 heteroatoms. The second-order valence-electron chi connectivity index (χ2n) is 7.27. The molecule has 0 unspecified atom stereocenters. The van der Waals surface area contributed by atoms with E-state index in [0.717, 1.165) is 0 Å². The smallest absolute Gasteiger partial charge is 0.244 e. The molecule has 7 nitrogen and oxygen atoms in total. The van der Waals surface area contributed by atoms with Gasteiger partial charge in [0.2, 0.25) is 11.8 Å². The molecule has 1 aliphatic rings. The van der Waals surface area contributed by atoms with Gasteiger partial charge in [-0.15, -0.1) is 0 Å². The average Bonchev–Trinajstić information content (AvgIpc) is 2.78. The van der Waals surface area contributed by atoms with Crippen LogP contribution in [0, 0.1) is 0 Å². The Bertz CT molecular complexity index is 1010. The first-order chi connectivity index (χ1) is 15.4. The highest BCUT2D eigenvalue weighted by Crippen LogP contribution is 2.31. The molecule has 0 radical (unpaired) electrons. The van der Waals surface area contributed by atoms with Gasteiger partial charge in [0.05, 0.1) is 17.3 Å². The summed E-state index contributed by atoms with van der Waals surface area (Å²) in [6.07, 6.45) is 0.711. The number of nitrogens with zero attached hydrogens (tertiary/aromatic N) is 1. The number of rotatable bonds is 9. The molecule has 0 atom stereocenters. The number of Topliss-reactive ketones (excluding diaryl/α,β-unsaturated/α-hetero) is 1. The van der Waals surface area contributed by atoms with Crippen molar-refractivity contribution < 1.29 is 23.9 Å². The molecule has 1 heterocycles. The highest BCUT2D eigenvalue weighted by Gasteiger charge is 2.20. The number of carbonyl (C=O) groups excluding carboxylic acids is 3. The molecule has 170 valence electrons. The van der Waals surface area contributed by atoms with Crippen LogP contribution in [0.15, 0.2) is 36.4 Å². The number of ketones is 1. The number of anilines is 1. The minimum absolute atomic E-state index is 0.00224. The summed E-state index contributed by atoms with van der Waals surface area (Å²) in [5.41, 5.74) is 0.873. The lowest BCUT2D eigenvalue weighted by atomic mass is 10.1. The Morgan fingerprint density at radius 1 is 1.00 bits per heavy atom. The number of benzene rings is 2. The minimum atomic E-state index is -0.380. The van der Waals surface area contributed by atoms with Crippen molar-refractivity contribution in [2.24, 2.45) is 0 Å². The van der Waals surface area contributed by atoms with Crippen LogP contribution in [0.4, 0.5) is 5.69 Å². The maximum atomic E-state index is 12.7. The first-order valence-electron chi connectivity index (χ1n) is 10.3. The zero-order valence-electron chi connectivity index (χ0n) is 17.7. The molecule has 0 bridgehead atoms. The van der Waals surface area contributed by atoms with Crippen molar-refractivity contribution in [2.75, 3.05) is 31.6 Å². The summed E-state index contributed by atoms with van der Waals surface area (Å²) in [5, 5.41) is 3.45. The van der Waals surface area contributed by atoms with Crippen LogP contribution in [-0.4, -0.2) is 48.8 Å². The lowest BCUT2D eigenvalue weighted by molar-refractivity contribution is -0.134. The topological polar surface area (TPSA) is 84.9 Å². The molecule has 0 aromatic heterocycles. The summed E-state index contributed by atoms with van der Waals surface area (Å²) < 4.78 is 11.0. The van der Waals surface area contributed by atoms with Crippen LogP contribution in [0.3, 0.4) is 0 Å². The van der Waals surface area contributed by atoms with Crippen molar-refractivity contribution in [2.45, 2.75) is 26.2 Å². The number of hydrogen-bond donors (Lipinski definition) is 1. The molecule has 2 aromatic carbocycles. The number of fused-ring (bicyclic) bond motifs is 1. The Kier molecular flexibility index (Phi) is 8.36. The molecular formula is C23H24Cl2N2O5. The second kappa shape index (κ2) is 11.2. The largest absolute Gasteiger partial charge is 0.486 e. The Hall–Kier alpha value is -2.77. The maximum absolute atomic E-state index is 12.7. The lowest BCUT2D eigenvalue weighted by Crippen LogP contribution is -2.38. The van der Waals surface area contributed by atoms with Crippen molar-refractivity contribution in [3.63, 3.8) is 0 Å². The summed E-state index contributed by atoms with van der Waals surface area (Å²) in [7, 11) is 0. The van der Waals surface area contributed by atoms with Gasteiger partial charge in [0.1, 0.15) is 13.2 Å². The molecule has 1 aliphatic heterocycles. The van der Waals surface area contributed by atoms with Gasteiger partial charge in [-0.1, -0.05) is 30.1 Å². The minimum Gasteiger partial charge on any atom is -0.486 e. The molecule has 0 saturated carbocycles. The molecule has 2 amide bonds. The molecule has 1 N–H and O–H groups in total. The molecule has 0 fully saturated rings. The lowest BCUT2D eigenvalue weighted by Gasteiger charge is -2.22. The Morgan fingerprint density at radius 3 is 2.47 bits per heavy atom. The molecule has 0 spiro atoms. The van der Waals surface area contributed by atoms with E-state index in [-0.39, 0.29) is 37.0 Å². The van der Waals surface area contributed by atoms with Crippen LogP contribution < -0.4 is 14.8 Å². The molecule has 32 heavy (non-hydrogen) atoms. The van der Waals surface area contributed by atoms with Crippen molar-refractivity contribution in [1.82, 2.24) is 4.90 Å². The highest BCUT2D eigenvalue weighted by molar-refractivity contribution is 6.36. The van der Waals surface area contributed by atoms with Gasteiger partial charge in [0.15, 0.2) is 17.3 Å². The van der Waals surface area contributed by atoms with Crippen LogP contribution in [0.5, 0.6) is 11.5 Å². The number of halogens is 2. The SMILES string of the molecule is CCCN(CC(=O)Nc1ccc(Cl)cc1Cl)C(=O)CCC(=O)c1ccc2c(c1)OCCO2. The normalized spacial score (nSPS) is 12.2. The average molecular weight is 479 g/mol. The van der Waals surface area contributed by atoms with Crippen LogP contribution >= 0.6 is 23.2 Å². The molecular weight excluding hydrogens is 455 g/mol. The summed E-state index contributed by atoms with van der Waals surface area (Å²) in [6.45, 7) is 3.08. The van der Waals surface area contributed by atoms with E-state index in [0.29, 0.717) is 59.0 Å². The van der Waals surface area contributed by atoms with E-state index in [4.69, 9.17) is 32.7 Å². The van der Waals surface area contributed by atoms with Crippen LogP contribution in [0.25, 0.3) is 0 Å². The zero-order chi connectivity index (χ0) is 23.1. The van der Waals surface area contributed by atoms with Gasteiger partial charge in [-0.25, -0.2) is 0 Å². The van der Waals surface area contributed by atoms with E-state index in [1.54, 1.807) is 30.3 Å². The van der Waals surface area contributed by atoms with E-state index >= 15 is 0 Å². The van der Waals surface area contributed by atoms with Gasteiger partial charge < -0.3 is 19.7 Å². The molecule has 0 saturated heterocycles. The van der Waals surface area contributed by atoms with Crippen molar-refractivity contribution >= 4 is 46.5 Å². The van der Waals surface area contributed by atoms with Gasteiger partial charge in [-0.3, -0.25) is 14.4 Å². The summed E-state index contributed by atoms with van der Waals surface area (Å²) in [4.78, 5) is 39.2. The Morgan fingerprint density at radius 2 is 1.75 bits per heavy atom. The van der Waals surface area contributed by atoms with E-state index in [2.05, 4.69) is 5.32 Å². The predicted octanol–water partition coefficient (Wildman–Crippen LogP) is 4.60. The van der Waals surface area contributed by atoms with Gasteiger partial charge in [-0.2, -0.15) is 0 Å². The van der Waals surface area contributed by atoms with Crippen LogP contribution in [0.1, 0.15) is 36.5 Å². The fraction of sp³-hybridized carbons (Fsp3) is 0.348. The monoisotopic (exact) mass is 478 g/mol. The highest BCUT2D eigenvalue weighted by atomic mass is 35.5. The summed E-state index contributed by atoms with van der Waals surface area (Å²) >= 11 is 12.0. The third-order valence-electron chi connectivity index (χ3n) is 4.82. The third kappa shape index (κ3) is 6.37. The van der Waals surface area contributed by atoms with Crippen molar-refractivity contribution in [1.29, 1.82) is 0 Å². The van der Waals surface area contributed by atoms with Gasteiger partial charge >= 0.3 is 0 Å². The van der Waals surface area contributed by atoms with E-state index in [1.165, 1.54) is 11.0 Å². The van der Waals surface area contributed by atoms with Crippen molar-refractivity contribution in [3.8, 4) is 11.5 Å². The number of hydrogen-bond acceptors (Lipinski definition) is 5. The standard InChI is InChI=1S/C23H24Cl2N2O5/c1-2-9-27(14-22(29)26-18-5-4-16(24)13-17(18)25)23(30)8-6-19(28)15-3-7-20-21(12-15)32-11-10-31-20/h3-5,7,12-13H,2,6,8-11,14H2,1H3,(H,26,29). The first-order valence-corrected chi connectivity index (χ1v) is 11.1. The second-order valence-corrected chi connectivity index (χ2v) is 8.11. The maximum Gasteiger partial charge on any atom is 0.244 e. The van der Waals surface area contributed by atoms with Crippen molar-refractivity contribution in [3.05, 3.63) is 52.0 Å². The van der Waals surface area contributed by atoms with Crippen LogP contribution in [-0.2, 0) is 9.59 Å². The molecule has 0 aliphatic carbocycles. The quantitative estimate of drug-likeness (QED) is 0.532. The van der Waals surface area contributed by atoms with E-state index in [9.17, 15) is 14.4 Å². The van der Waals surface area contributed by atoms with Gasteiger partial charge in [0, 0.05) is 30.0 Å². The molecule has 2 aromatic rings.